The van der Waals surface area contributed by atoms with Gasteiger partial charge in [0.1, 0.15) is 0 Å². The van der Waals surface area contributed by atoms with Gasteiger partial charge in [-0.15, -0.1) is 12.4 Å². The second kappa shape index (κ2) is 6.63. The first kappa shape index (κ1) is 15.6. The van der Waals surface area contributed by atoms with Gasteiger partial charge in [-0.05, 0) is 24.6 Å². The topological polar surface area (TPSA) is 64.8 Å². The Morgan fingerprint density at radius 2 is 2.00 bits per heavy atom. The number of nitrogens with two attached hydrogens (primary N) is 1. The summed E-state index contributed by atoms with van der Waals surface area (Å²) in [5, 5.41) is 0. The lowest BCUT2D eigenvalue weighted by molar-refractivity contribution is 0.0790. The molecule has 6 heteroatoms. The second-order valence-electron chi connectivity index (χ2n) is 4.37. The first-order chi connectivity index (χ1) is 8.65. The Morgan fingerprint density at radius 3 is 2.53 bits per heavy atom. The maximum absolute atomic E-state index is 12.2. The van der Waals surface area contributed by atoms with Crippen molar-refractivity contribution in [2.75, 3.05) is 27.3 Å². The van der Waals surface area contributed by atoms with Crippen LogP contribution < -0.4 is 15.2 Å². The molecule has 19 heavy (non-hydrogen) atoms. The Morgan fingerprint density at radius 1 is 1.32 bits per heavy atom. The zero-order valence-corrected chi connectivity index (χ0v) is 11.9. The minimum Gasteiger partial charge on any atom is -0.493 e. The van der Waals surface area contributed by atoms with Crippen molar-refractivity contribution in [1.82, 2.24) is 4.90 Å². The fourth-order valence-electron chi connectivity index (χ4n) is 2.12. The molecule has 1 aliphatic rings. The van der Waals surface area contributed by atoms with Crippen molar-refractivity contribution in [2.45, 2.75) is 12.5 Å². The fraction of sp³-hybridized carbons (Fsp3) is 0.462. The number of methoxy groups -OCH3 is 2. The summed E-state index contributed by atoms with van der Waals surface area (Å²) in [6, 6.07) is 5.27. The van der Waals surface area contributed by atoms with Crippen LogP contribution in [0.4, 0.5) is 0 Å². The zero-order chi connectivity index (χ0) is 13.1. The summed E-state index contributed by atoms with van der Waals surface area (Å²) in [5.74, 6) is 1.17. The van der Waals surface area contributed by atoms with Gasteiger partial charge in [0, 0.05) is 24.7 Å². The molecule has 0 spiro atoms. The molecule has 2 rings (SSSR count). The molecule has 1 saturated heterocycles. The second-order valence-corrected chi connectivity index (χ2v) is 4.37. The van der Waals surface area contributed by atoms with Crippen LogP contribution in [-0.4, -0.2) is 44.2 Å². The van der Waals surface area contributed by atoms with Gasteiger partial charge in [0.2, 0.25) is 0 Å². The minimum absolute atomic E-state index is 0. The number of likely N-dealkylation sites (tertiary alicyclic amines) is 1. The van der Waals surface area contributed by atoms with Crippen molar-refractivity contribution in [3.05, 3.63) is 23.8 Å². The van der Waals surface area contributed by atoms with E-state index in [0.29, 0.717) is 30.2 Å². The van der Waals surface area contributed by atoms with Crippen molar-refractivity contribution in [2.24, 2.45) is 5.73 Å². The molecule has 1 atom stereocenters. The lowest BCUT2D eigenvalue weighted by Crippen LogP contribution is -2.31. The first-order valence-electron chi connectivity index (χ1n) is 5.92. The molecule has 0 saturated carbocycles. The number of amides is 1. The quantitative estimate of drug-likeness (QED) is 0.910. The predicted octanol–water partition coefficient (Wildman–Crippen LogP) is 1.30. The van der Waals surface area contributed by atoms with Crippen molar-refractivity contribution < 1.29 is 14.3 Å². The van der Waals surface area contributed by atoms with E-state index in [0.717, 1.165) is 6.42 Å². The summed E-state index contributed by atoms with van der Waals surface area (Å²) in [6.45, 7) is 1.33. The van der Waals surface area contributed by atoms with Crippen LogP contribution in [-0.2, 0) is 0 Å². The number of rotatable bonds is 3. The van der Waals surface area contributed by atoms with Gasteiger partial charge in [0.05, 0.1) is 14.2 Å². The van der Waals surface area contributed by atoms with E-state index in [1.165, 1.54) is 0 Å². The Bertz CT molecular complexity index is 454. The van der Waals surface area contributed by atoms with Crippen LogP contribution >= 0.6 is 12.4 Å². The zero-order valence-electron chi connectivity index (χ0n) is 11.1. The van der Waals surface area contributed by atoms with E-state index in [9.17, 15) is 4.79 Å². The molecule has 1 aromatic carbocycles. The number of ether oxygens (including phenoxy) is 2. The van der Waals surface area contributed by atoms with Crippen LogP contribution in [0, 0.1) is 0 Å². The molecule has 2 N–H and O–H groups in total. The van der Waals surface area contributed by atoms with Gasteiger partial charge < -0.3 is 20.1 Å². The third kappa shape index (κ3) is 3.30. The smallest absolute Gasteiger partial charge is 0.254 e. The first-order valence-corrected chi connectivity index (χ1v) is 5.92. The molecule has 1 aromatic rings. The Labute approximate surface area is 119 Å². The van der Waals surface area contributed by atoms with Gasteiger partial charge in [0.15, 0.2) is 11.5 Å². The van der Waals surface area contributed by atoms with E-state index >= 15 is 0 Å². The van der Waals surface area contributed by atoms with Gasteiger partial charge >= 0.3 is 0 Å². The number of carbonyl (C=O) groups excluding carboxylic acids is 1. The van der Waals surface area contributed by atoms with E-state index < -0.39 is 0 Å². The SMILES string of the molecule is COc1ccc(C(=O)N2CC[C@@H](N)C2)cc1OC.Cl. The molecule has 5 nitrogen and oxygen atoms in total. The third-order valence-electron chi connectivity index (χ3n) is 3.14. The molecular weight excluding hydrogens is 268 g/mol. The molecule has 1 aliphatic heterocycles. The normalized spacial score (nSPS) is 17.8. The van der Waals surface area contributed by atoms with Crippen LogP contribution in [0.25, 0.3) is 0 Å². The highest BCUT2D eigenvalue weighted by molar-refractivity contribution is 5.95. The highest BCUT2D eigenvalue weighted by atomic mass is 35.5. The molecule has 1 fully saturated rings. The number of hydrogen-bond acceptors (Lipinski definition) is 4. The van der Waals surface area contributed by atoms with Crippen LogP contribution in [0.15, 0.2) is 18.2 Å². The van der Waals surface area contributed by atoms with E-state index in [1.54, 1.807) is 37.3 Å². The Hall–Kier alpha value is -1.46. The van der Waals surface area contributed by atoms with Crippen molar-refractivity contribution >= 4 is 18.3 Å². The lowest BCUT2D eigenvalue weighted by Gasteiger charge is -2.16. The van der Waals surface area contributed by atoms with Crippen molar-refractivity contribution in [3.8, 4) is 11.5 Å². The van der Waals surface area contributed by atoms with Crippen LogP contribution in [0.3, 0.4) is 0 Å². The summed E-state index contributed by atoms with van der Waals surface area (Å²) >= 11 is 0. The molecular formula is C13H19ClN2O3. The molecule has 1 heterocycles. The lowest BCUT2D eigenvalue weighted by atomic mass is 10.1. The molecule has 0 bridgehead atoms. The van der Waals surface area contributed by atoms with Crippen LogP contribution in [0.5, 0.6) is 11.5 Å². The molecule has 0 radical (unpaired) electrons. The van der Waals surface area contributed by atoms with Crippen molar-refractivity contribution in [3.63, 3.8) is 0 Å². The molecule has 0 aromatic heterocycles. The standard InChI is InChI=1S/C13H18N2O3.ClH/c1-17-11-4-3-9(7-12(11)18-2)13(16)15-6-5-10(14)8-15;/h3-4,7,10H,5-6,8,14H2,1-2H3;1H/t10-;/m1./s1. The van der Waals surface area contributed by atoms with Crippen LogP contribution in [0.2, 0.25) is 0 Å². The minimum atomic E-state index is -0.0103. The largest absolute Gasteiger partial charge is 0.493 e. The monoisotopic (exact) mass is 286 g/mol. The maximum atomic E-state index is 12.2. The van der Waals surface area contributed by atoms with Gasteiger partial charge in [-0.3, -0.25) is 4.79 Å². The van der Waals surface area contributed by atoms with E-state index in [1.807, 2.05) is 0 Å². The molecule has 106 valence electrons. The third-order valence-corrected chi connectivity index (χ3v) is 3.14. The van der Waals surface area contributed by atoms with E-state index in [-0.39, 0.29) is 24.4 Å². The number of halogens is 1. The fourth-order valence-corrected chi connectivity index (χ4v) is 2.12. The van der Waals surface area contributed by atoms with E-state index in [4.69, 9.17) is 15.2 Å². The molecule has 0 aliphatic carbocycles. The summed E-state index contributed by atoms with van der Waals surface area (Å²) in [4.78, 5) is 14.0. The number of benzene rings is 1. The predicted molar refractivity (Wildman–Crippen MR) is 75.3 cm³/mol. The summed E-state index contributed by atoms with van der Waals surface area (Å²) in [5.41, 5.74) is 6.40. The van der Waals surface area contributed by atoms with Gasteiger partial charge in [-0.1, -0.05) is 0 Å². The van der Waals surface area contributed by atoms with Gasteiger partial charge in [0.25, 0.3) is 5.91 Å². The van der Waals surface area contributed by atoms with Crippen LogP contribution in [0.1, 0.15) is 16.8 Å². The van der Waals surface area contributed by atoms with Gasteiger partial charge in [-0.2, -0.15) is 0 Å². The van der Waals surface area contributed by atoms with Gasteiger partial charge in [-0.25, -0.2) is 0 Å². The summed E-state index contributed by atoms with van der Waals surface area (Å²) in [6.07, 6.45) is 0.860. The average molecular weight is 287 g/mol. The number of nitrogens with zero attached hydrogens (tertiary/aromatic N) is 1. The summed E-state index contributed by atoms with van der Waals surface area (Å²) < 4.78 is 10.3. The highest BCUT2D eigenvalue weighted by Crippen LogP contribution is 2.28. The Balaban J connectivity index is 0.00000180. The molecule has 0 unspecified atom stereocenters. The summed E-state index contributed by atoms with van der Waals surface area (Å²) in [7, 11) is 3.12. The Kier molecular flexibility index (Phi) is 5.44. The number of carbonyl (C=O) groups is 1. The maximum Gasteiger partial charge on any atom is 0.254 e. The average Bonchev–Trinajstić information content (AvgIpc) is 2.83. The van der Waals surface area contributed by atoms with E-state index in [2.05, 4.69) is 0 Å². The van der Waals surface area contributed by atoms with Crippen molar-refractivity contribution in [1.29, 1.82) is 0 Å². The molecule has 1 amide bonds. The highest BCUT2D eigenvalue weighted by Gasteiger charge is 2.25. The number of hydrogen-bond donors (Lipinski definition) is 1.